The van der Waals surface area contributed by atoms with E-state index in [1.165, 1.54) is 12.1 Å². The van der Waals surface area contributed by atoms with Gasteiger partial charge in [0.15, 0.2) is 0 Å². The molecule has 1 heterocycles. The second-order valence-electron chi connectivity index (χ2n) is 6.28. The van der Waals surface area contributed by atoms with Gasteiger partial charge in [0.05, 0.1) is 19.1 Å². The predicted octanol–water partition coefficient (Wildman–Crippen LogP) is 3.08. The number of benzene rings is 2. The lowest BCUT2D eigenvalue weighted by Crippen LogP contribution is -2.49. The van der Waals surface area contributed by atoms with E-state index in [0.717, 1.165) is 23.4 Å². The lowest BCUT2D eigenvalue weighted by Gasteiger charge is -2.36. The normalized spacial score (nSPS) is 17.4. The molecule has 1 aliphatic heterocycles. The summed E-state index contributed by atoms with van der Waals surface area (Å²) in [4.78, 5) is 14.5. The SMILES string of the molecule is Cc1cccc(OCCC(=O)N2CCNCC2c2cccc(F)c2)c1. The van der Waals surface area contributed by atoms with Gasteiger partial charge in [0.1, 0.15) is 11.6 Å². The summed E-state index contributed by atoms with van der Waals surface area (Å²) in [6.45, 7) is 4.33. The molecule has 1 aliphatic rings. The summed E-state index contributed by atoms with van der Waals surface area (Å²) >= 11 is 0. The lowest BCUT2D eigenvalue weighted by molar-refractivity contribution is -0.135. The predicted molar refractivity (Wildman–Crippen MR) is 95.0 cm³/mol. The first-order chi connectivity index (χ1) is 12.1. The largest absolute Gasteiger partial charge is 0.493 e. The van der Waals surface area contributed by atoms with Crippen LogP contribution in [0.25, 0.3) is 0 Å². The Morgan fingerprint density at radius 1 is 1.28 bits per heavy atom. The standard InChI is InChI=1S/C20H23FN2O2/c1-15-4-2-7-18(12-15)25-11-8-20(24)23-10-9-22-14-19(23)16-5-3-6-17(21)13-16/h2-7,12-13,19,22H,8-11,14H2,1H3. The number of piperazine rings is 1. The number of aryl methyl sites for hydroxylation is 1. The van der Waals surface area contributed by atoms with Crippen molar-refractivity contribution in [2.45, 2.75) is 19.4 Å². The number of ether oxygens (including phenoxy) is 1. The number of halogens is 1. The van der Waals surface area contributed by atoms with Gasteiger partial charge in [0.2, 0.25) is 5.91 Å². The van der Waals surface area contributed by atoms with Crippen LogP contribution in [0.4, 0.5) is 4.39 Å². The van der Waals surface area contributed by atoms with E-state index in [-0.39, 0.29) is 17.8 Å². The molecule has 1 N–H and O–H groups in total. The smallest absolute Gasteiger partial charge is 0.226 e. The van der Waals surface area contributed by atoms with Gasteiger partial charge in [-0.05, 0) is 42.3 Å². The topological polar surface area (TPSA) is 41.6 Å². The molecule has 4 nitrogen and oxygen atoms in total. The lowest BCUT2D eigenvalue weighted by atomic mass is 10.0. The van der Waals surface area contributed by atoms with Crippen molar-refractivity contribution in [2.24, 2.45) is 0 Å². The van der Waals surface area contributed by atoms with E-state index in [9.17, 15) is 9.18 Å². The van der Waals surface area contributed by atoms with Crippen molar-refractivity contribution in [3.63, 3.8) is 0 Å². The van der Waals surface area contributed by atoms with Crippen molar-refractivity contribution in [2.75, 3.05) is 26.2 Å². The first-order valence-electron chi connectivity index (χ1n) is 8.58. The van der Waals surface area contributed by atoms with Gasteiger partial charge in [-0.15, -0.1) is 0 Å². The number of carbonyl (C=O) groups excluding carboxylic acids is 1. The summed E-state index contributed by atoms with van der Waals surface area (Å²) in [5, 5.41) is 3.28. The number of hydrogen-bond donors (Lipinski definition) is 1. The van der Waals surface area contributed by atoms with Crippen LogP contribution >= 0.6 is 0 Å². The third kappa shape index (κ3) is 4.57. The summed E-state index contributed by atoms with van der Waals surface area (Å²) in [5.74, 6) is 0.524. The molecule has 1 atom stereocenters. The van der Waals surface area contributed by atoms with E-state index >= 15 is 0 Å². The third-order valence-electron chi connectivity index (χ3n) is 4.37. The third-order valence-corrected chi connectivity index (χ3v) is 4.37. The van der Waals surface area contributed by atoms with Crippen LogP contribution in [-0.4, -0.2) is 37.0 Å². The molecule has 0 spiro atoms. The molecule has 0 radical (unpaired) electrons. The summed E-state index contributed by atoms with van der Waals surface area (Å²) in [7, 11) is 0. The van der Waals surface area contributed by atoms with Crippen molar-refractivity contribution >= 4 is 5.91 Å². The fraction of sp³-hybridized carbons (Fsp3) is 0.350. The van der Waals surface area contributed by atoms with Crippen molar-refractivity contribution < 1.29 is 13.9 Å². The molecule has 25 heavy (non-hydrogen) atoms. The number of rotatable bonds is 5. The Morgan fingerprint density at radius 2 is 2.12 bits per heavy atom. The second kappa shape index (κ2) is 8.12. The zero-order valence-corrected chi connectivity index (χ0v) is 14.4. The molecule has 1 amide bonds. The molecule has 1 fully saturated rings. The van der Waals surface area contributed by atoms with Crippen molar-refractivity contribution in [3.8, 4) is 5.75 Å². The van der Waals surface area contributed by atoms with Gasteiger partial charge in [-0.25, -0.2) is 4.39 Å². The average Bonchev–Trinajstić information content (AvgIpc) is 2.62. The molecule has 0 aromatic heterocycles. The van der Waals surface area contributed by atoms with Gasteiger partial charge >= 0.3 is 0 Å². The molecule has 0 saturated carbocycles. The van der Waals surface area contributed by atoms with Crippen LogP contribution in [0.15, 0.2) is 48.5 Å². The minimum absolute atomic E-state index is 0.0309. The Morgan fingerprint density at radius 3 is 2.92 bits per heavy atom. The summed E-state index contributed by atoms with van der Waals surface area (Å²) in [5.41, 5.74) is 1.94. The fourth-order valence-corrected chi connectivity index (χ4v) is 3.12. The molecular weight excluding hydrogens is 319 g/mol. The Labute approximate surface area is 147 Å². The first-order valence-corrected chi connectivity index (χ1v) is 8.58. The van der Waals surface area contributed by atoms with Gasteiger partial charge in [-0.2, -0.15) is 0 Å². The van der Waals surface area contributed by atoms with Crippen LogP contribution in [0.5, 0.6) is 5.75 Å². The highest BCUT2D eigenvalue weighted by atomic mass is 19.1. The molecule has 2 aromatic rings. The van der Waals surface area contributed by atoms with Gasteiger partial charge in [-0.1, -0.05) is 24.3 Å². The molecule has 2 aromatic carbocycles. The Bertz CT molecular complexity index is 735. The van der Waals surface area contributed by atoms with Crippen molar-refractivity contribution in [1.82, 2.24) is 10.2 Å². The van der Waals surface area contributed by atoms with E-state index in [1.54, 1.807) is 6.07 Å². The minimum Gasteiger partial charge on any atom is -0.493 e. The van der Waals surface area contributed by atoms with Crippen LogP contribution in [0.3, 0.4) is 0 Å². The Kier molecular flexibility index (Phi) is 5.66. The van der Waals surface area contributed by atoms with Gasteiger partial charge in [0, 0.05) is 19.6 Å². The molecular formula is C20H23FN2O2. The van der Waals surface area contributed by atoms with Crippen LogP contribution in [0.2, 0.25) is 0 Å². The first kappa shape index (κ1) is 17.4. The zero-order chi connectivity index (χ0) is 17.6. The maximum atomic E-state index is 13.5. The molecule has 1 saturated heterocycles. The summed E-state index contributed by atoms with van der Waals surface area (Å²) in [6.07, 6.45) is 0.305. The van der Waals surface area contributed by atoms with Crippen molar-refractivity contribution in [1.29, 1.82) is 0 Å². The average molecular weight is 342 g/mol. The number of nitrogens with zero attached hydrogens (tertiary/aromatic N) is 1. The molecule has 5 heteroatoms. The monoisotopic (exact) mass is 342 g/mol. The Hall–Kier alpha value is -2.40. The fourth-order valence-electron chi connectivity index (χ4n) is 3.12. The van der Waals surface area contributed by atoms with Crippen molar-refractivity contribution in [3.05, 3.63) is 65.5 Å². The number of amides is 1. The van der Waals surface area contributed by atoms with E-state index in [0.29, 0.717) is 26.1 Å². The number of carbonyl (C=O) groups is 1. The maximum Gasteiger partial charge on any atom is 0.226 e. The molecule has 0 bridgehead atoms. The number of hydrogen-bond acceptors (Lipinski definition) is 3. The maximum absolute atomic E-state index is 13.5. The molecule has 3 rings (SSSR count). The van der Waals surface area contributed by atoms with E-state index in [2.05, 4.69) is 5.32 Å². The van der Waals surface area contributed by atoms with Gasteiger partial charge < -0.3 is 15.0 Å². The quantitative estimate of drug-likeness (QED) is 0.908. The van der Waals surface area contributed by atoms with E-state index in [1.807, 2.05) is 42.2 Å². The highest BCUT2D eigenvalue weighted by Crippen LogP contribution is 2.23. The van der Waals surface area contributed by atoms with Gasteiger partial charge in [-0.3, -0.25) is 4.79 Å². The van der Waals surface area contributed by atoms with E-state index in [4.69, 9.17) is 4.74 Å². The summed E-state index contributed by atoms with van der Waals surface area (Å²) in [6, 6.07) is 14.1. The Balaban J connectivity index is 1.61. The molecule has 1 unspecified atom stereocenters. The van der Waals surface area contributed by atoms with Crippen LogP contribution in [0, 0.1) is 12.7 Å². The van der Waals surface area contributed by atoms with Crippen LogP contribution in [-0.2, 0) is 4.79 Å². The second-order valence-corrected chi connectivity index (χ2v) is 6.28. The van der Waals surface area contributed by atoms with Crippen LogP contribution < -0.4 is 10.1 Å². The van der Waals surface area contributed by atoms with Crippen LogP contribution in [0.1, 0.15) is 23.6 Å². The van der Waals surface area contributed by atoms with Gasteiger partial charge in [0.25, 0.3) is 0 Å². The molecule has 132 valence electrons. The van der Waals surface area contributed by atoms with E-state index < -0.39 is 0 Å². The molecule has 0 aliphatic carbocycles. The minimum atomic E-state index is -0.279. The highest BCUT2D eigenvalue weighted by molar-refractivity contribution is 5.77. The number of nitrogens with one attached hydrogen (secondary N) is 1. The zero-order valence-electron chi connectivity index (χ0n) is 14.4. The highest BCUT2D eigenvalue weighted by Gasteiger charge is 2.27. The summed E-state index contributed by atoms with van der Waals surface area (Å²) < 4.78 is 19.2.